The molecule has 0 saturated carbocycles. The molecule has 0 bridgehead atoms. The van der Waals surface area contributed by atoms with Crippen molar-refractivity contribution in [2.75, 3.05) is 0 Å². The lowest BCUT2D eigenvalue weighted by Crippen LogP contribution is -2.01. The maximum Gasteiger partial charge on any atom is -0.000905 e. The van der Waals surface area contributed by atoms with Gasteiger partial charge in [0.15, 0.2) is 0 Å². The SMILES string of the molecule is C/C=C\CCC(C)CC(C)S. The van der Waals surface area contributed by atoms with Crippen molar-refractivity contribution in [1.29, 1.82) is 0 Å². The van der Waals surface area contributed by atoms with Gasteiger partial charge in [0.1, 0.15) is 0 Å². The van der Waals surface area contributed by atoms with Crippen LogP contribution >= 0.6 is 12.6 Å². The van der Waals surface area contributed by atoms with Gasteiger partial charge in [-0.25, -0.2) is 0 Å². The lowest BCUT2D eigenvalue weighted by Gasteiger charge is -2.11. The number of thiol groups is 1. The van der Waals surface area contributed by atoms with E-state index in [0.717, 1.165) is 5.92 Å². The molecule has 1 heteroatoms. The molecule has 0 spiro atoms. The van der Waals surface area contributed by atoms with E-state index in [4.69, 9.17) is 0 Å². The van der Waals surface area contributed by atoms with Crippen LogP contribution < -0.4 is 0 Å². The third-order valence-electron chi connectivity index (χ3n) is 1.81. The molecule has 0 N–H and O–H groups in total. The molecule has 0 aliphatic carbocycles. The van der Waals surface area contributed by atoms with Crippen LogP contribution in [0.4, 0.5) is 0 Å². The second-order valence-corrected chi connectivity index (χ2v) is 4.22. The summed E-state index contributed by atoms with van der Waals surface area (Å²) in [7, 11) is 0. The summed E-state index contributed by atoms with van der Waals surface area (Å²) < 4.78 is 0. The smallest absolute Gasteiger partial charge is 0.000905 e. The highest BCUT2D eigenvalue weighted by Gasteiger charge is 2.03. The fraction of sp³-hybridized carbons (Fsp3) is 0.800. The van der Waals surface area contributed by atoms with E-state index in [-0.39, 0.29) is 0 Å². The molecule has 0 nitrogen and oxygen atoms in total. The molecule has 0 aliphatic rings. The Hall–Kier alpha value is 0.0900. The molecule has 0 aromatic heterocycles. The fourth-order valence-electron chi connectivity index (χ4n) is 1.25. The zero-order chi connectivity index (χ0) is 8.69. The highest BCUT2D eigenvalue weighted by molar-refractivity contribution is 7.80. The van der Waals surface area contributed by atoms with E-state index in [0.29, 0.717) is 5.25 Å². The topological polar surface area (TPSA) is 0 Å². The lowest BCUT2D eigenvalue weighted by atomic mass is 10.00. The van der Waals surface area contributed by atoms with Crippen LogP contribution in [0.1, 0.15) is 40.0 Å². The van der Waals surface area contributed by atoms with Crippen molar-refractivity contribution >= 4 is 12.6 Å². The van der Waals surface area contributed by atoms with Crippen LogP contribution in [0.2, 0.25) is 0 Å². The largest absolute Gasteiger partial charge is 0.176 e. The highest BCUT2D eigenvalue weighted by atomic mass is 32.1. The van der Waals surface area contributed by atoms with Gasteiger partial charge in [0.2, 0.25) is 0 Å². The van der Waals surface area contributed by atoms with Crippen LogP contribution in [-0.4, -0.2) is 5.25 Å². The zero-order valence-corrected chi connectivity index (χ0v) is 8.77. The predicted molar refractivity (Wildman–Crippen MR) is 56.3 cm³/mol. The maximum atomic E-state index is 4.36. The van der Waals surface area contributed by atoms with Gasteiger partial charge in [-0.05, 0) is 37.4 Å². The molecule has 0 radical (unpaired) electrons. The van der Waals surface area contributed by atoms with Crippen LogP contribution in [0.5, 0.6) is 0 Å². The first-order chi connectivity index (χ1) is 5.16. The van der Waals surface area contributed by atoms with Crippen molar-refractivity contribution in [3.63, 3.8) is 0 Å². The number of rotatable bonds is 5. The minimum absolute atomic E-state index is 0.551. The summed E-state index contributed by atoms with van der Waals surface area (Å²) in [5, 5.41) is 0.551. The molecule has 11 heavy (non-hydrogen) atoms. The normalized spacial score (nSPS) is 17.1. The molecule has 0 fully saturated rings. The van der Waals surface area contributed by atoms with Gasteiger partial charge in [-0.15, -0.1) is 0 Å². The molecule has 0 aromatic rings. The van der Waals surface area contributed by atoms with Crippen molar-refractivity contribution in [1.82, 2.24) is 0 Å². The molecule has 66 valence electrons. The predicted octanol–water partition coefficient (Wildman–Crippen LogP) is 3.69. The summed E-state index contributed by atoms with van der Waals surface area (Å²) in [6, 6.07) is 0. The summed E-state index contributed by atoms with van der Waals surface area (Å²) in [6.07, 6.45) is 8.12. The van der Waals surface area contributed by atoms with E-state index in [1.807, 2.05) is 0 Å². The molecular formula is C10H20S. The van der Waals surface area contributed by atoms with Gasteiger partial charge in [-0.2, -0.15) is 12.6 Å². The van der Waals surface area contributed by atoms with Crippen LogP contribution in [0.25, 0.3) is 0 Å². The highest BCUT2D eigenvalue weighted by Crippen LogP contribution is 2.15. The third kappa shape index (κ3) is 7.99. The molecule has 2 unspecified atom stereocenters. The van der Waals surface area contributed by atoms with Gasteiger partial charge in [-0.3, -0.25) is 0 Å². The Bertz CT molecular complexity index is 105. The van der Waals surface area contributed by atoms with E-state index in [1.165, 1.54) is 19.3 Å². The second-order valence-electron chi connectivity index (χ2n) is 3.34. The van der Waals surface area contributed by atoms with Crippen LogP contribution in [-0.2, 0) is 0 Å². The monoisotopic (exact) mass is 172 g/mol. The quantitative estimate of drug-likeness (QED) is 0.474. The van der Waals surface area contributed by atoms with Gasteiger partial charge >= 0.3 is 0 Å². The molecule has 0 rings (SSSR count). The molecular weight excluding hydrogens is 152 g/mol. The van der Waals surface area contributed by atoms with Gasteiger partial charge in [-0.1, -0.05) is 26.0 Å². The Balaban J connectivity index is 3.29. The van der Waals surface area contributed by atoms with Crippen LogP contribution in [0.15, 0.2) is 12.2 Å². The van der Waals surface area contributed by atoms with Crippen molar-refractivity contribution in [3.05, 3.63) is 12.2 Å². The minimum atomic E-state index is 0.551. The number of hydrogen-bond acceptors (Lipinski definition) is 1. The second kappa shape index (κ2) is 6.78. The summed E-state index contributed by atoms with van der Waals surface area (Å²) in [5.41, 5.74) is 0. The summed E-state index contributed by atoms with van der Waals surface area (Å²) in [5.74, 6) is 0.818. The van der Waals surface area contributed by atoms with E-state index in [9.17, 15) is 0 Å². The molecule has 0 heterocycles. The summed E-state index contributed by atoms with van der Waals surface area (Å²) >= 11 is 4.36. The van der Waals surface area contributed by atoms with Crippen LogP contribution in [0, 0.1) is 5.92 Å². The molecule has 0 aliphatic heterocycles. The molecule has 2 atom stereocenters. The molecule has 0 saturated heterocycles. The summed E-state index contributed by atoms with van der Waals surface area (Å²) in [4.78, 5) is 0. The first kappa shape index (κ1) is 11.1. The maximum absolute atomic E-state index is 4.36. The first-order valence-electron chi connectivity index (χ1n) is 4.46. The van der Waals surface area contributed by atoms with Gasteiger partial charge < -0.3 is 0 Å². The van der Waals surface area contributed by atoms with E-state index in [2.05, 4.69) is 45.6 Å². The number of hydrogen-bond donors (Lipinski definition) is 1. The number of allylic oxidation sites excluding steroid dienone is 2. The Labute approximate surface area is 76.5 Å². The van der Waals surface area contributed by atoms with Crippen molar-refractivity contribution in [2.24, 2.45) is 5.92 Å². The van der Waals surface area contributed by atoms with Crippen LogP contribution in [0.3, 0.4) is 0 Å². The van der Waals surface area contributed by atoms with Crippen molar-refractivity contribution in [3.8, 4) is 0 Å². The van der Waals surface area contributed by atoms with Gasteiger partial charge in [0.25, 0.3) is 0 Å². The first-order valence-corrected chi connectivity index (χ1v) is 4.97. The standard InChI is InChI=1S/C10H20S/c1-4-5-6-7-9(2)8-10(3)11/h4-5,9-11H,6-8H2,1-3H3/b5-4-. The zero-order valence-electron chi connectivity index (χ0n) is 7.88. The Morgan fingerprint density at radius 1 is 1.36 bits per heavy atom. The third-order valence-corrected chi connectivity index (χ3v) is 2.02. The van der Waals surface area contributed by atoms with Gasteiger partial charge in [0, 0.05) is 0 Å². The average Bonchev–Trinajstić information content (AvgIpc) is 1.86. The fourth-order valence-corrected chi connectivity index (χ4v) is 1.61. The lowest BCUT2D eigenvalue weighted by molar-refractivity contribution is 0.497. The van der Waals surface area contributed by atoms with Crippen molar-refractivity contribution in [2.45, 2.75) is 45.3 Å². The minimum Gasteiger partial charge on any atom is -0.176 e. The van der Waals surface area contributed by atoms with E-state index in [1.54, 1.807) is 0 Å². The average molecular weight is 172 g/mol. The Morgan fingerprint density at radius 3 is 2.45 bits per heavy atom. The Kier molecular flexibility index (Phi) is 6.83. The van der Waals surface area contributed by atoms with E-state index < -0.39 is 0 Å². The molecule has 0 amide bonds. The summed E-state index contributed by atoms with van der Waals surface area (Å²) in [6.45, 7) is 6.54. The van der Waals surface area contributed by atoms with Crippen molar-refractivity contribution < 1.29 is 0 Å². The Morgan fingerprint density at radius 2 is 2.00 bits per heavy atom. The van der Waals surface area contributed by atoms with Gasteiger partial charge in [0.05, 0.1) is 0 Å². The van der Waals surface area contributed by atoms with E-state index >= 15 is 0 Å². The molecule has 0 aromatic carbocycles.